The number of carbonyl (C=O) groups excluding carboxylic acids is 2. The first-order chi connectivity index (χ1) is 16.1. The molecular weight excluding hydrogens is 412 g/mol. The Bertz CT molecular complexity index is 1170. The lowest BCUT2D eigenvalue weighted by Gasteiger charge is -2.43. The minimum Gasteiger partial charge on any atom is -0.497 e. The number of hydrogen-bond acceptors (Lipinski definition) is 3. The molecule has 1 saturated carbocycles. The van der Waals surface area contributed by atoms with Crippen LogP contribution in [-0.2, 0) is 11.3 Å². The predicted molar refractivity (Wildman–Crippen MR) is 127 cm³/mol. The van der Waals surface area contributed by atoms with Crippen molar-refractivity contribution in [3.8, 4) is 5.75 Å². The molecule has 0 bridgehead atoms. The lowest BCUT2D eigenvalue weighted by atomic mass is 9.78. The van der Waals surface area contributed by atoms with Crippen LogP contribution in [0.1, 0.15) is 51.8 Å². The second kappa shape index (κ2) is 8.74. The number of ether oxygens (including phenoxy) is 1. The summed E-state index contributed by atoms with van der Waals surface area (Å²) in [6, 6.07) is 25.1. The summed E-state index contributed by atoms with van der Waals surface area (Å²) in [6.45, 7) is 0.514. The summed E-state index contributed by atoms with van der Waals surface area (Å²) in [5.74, 6) is 0.256. The van der Waals surface area contributed by atoms with E-state index in [-0.39, 0.29) is 23.9 Å². The van der Waals surface area contributed by atoms with E-state index in [1.807, 2.05) is 90.8 Å². The van der Waals surface area contributed by atoms with Gasteiger partial charge >= 0.3 is 0 Å². The SMILES string of the molecule is COc1cccc([C@@H]2[C@@H](C(=O)N(C)Cc3ccccc3)c3ccccc3C(=O)N2C2CC2)c1. The van der Waals surface area contributed by atoms with Crippen LogP contribution in [0.4, 0.5) is 0 Å². The van der Waals surface area contributed by atoms with E-state index in [1.165, 1.54) is 0 Å². The first kappa shape index (κ1) is 21.3. The zero-order chi connectivity index (χ0) is 22.9. The quantitative estimate of drug-likeness (QED) is 0.553. The molecule has 0 N–H and O–H groups in total. The molecule has 33 heavy (non-hydrogen) atoms. The number of hydrogen-bond donors (Lipinski definition) is 0. The van der Waals surface area contributed by atoms with Crippen molar-refractivity contribution in [1.29, 1.82) is 0 Å². The summed E-state index contributed by atoms with van der Waals surface area (Å²) < 4.78 is 5.48. The lowest BCUT2D eigenvalue weighted by Crippen LogP contribution is -2.48. The highest BCUT2D eigenvalue weighted by Gasteiger charge is 2.49. The molecule has 0 saturated heterocycles. The van der Waals surface area contributed by atoms with Crippen molar-refractivity contribution in [2.24, 2.45) is 0 Å². The Labute approximate surface area is 194 Å². The summed E-state index contributed by atoms with van der Waals surface area (Å²) in [4.78, 5) is 31.4. The summed E-state index contributed by atoms with van der Waals surface area (Å²) in [5, 5.41) is 0. The zero-order valence-electron chi connectivity index (χ0n) is 19.0. The topological polar surface area (TPSA) is 49.9 Å². The predicted octanol–water partition coefficient (Wildman–Crippen LogP) is 4.80. The number of fused-ring (bicyclic) bond motifs is 1. The number of rotatable bonds is 6. The Morgan fingerprint density at radius 1 is 1.00 bits per heavy atom. The van der Waals surface area contributed by atoms with E-state index in [1.54, 1.807) is 12.0 Å². The van der Waals surface area contributed by atoms with Gasteiger partial charge in [0.1, 0.15) is 5.75 Å². The maximum atomic E-state index is 14.1. The van der Waals surface area contributed by atoms with E-state index in [9.17, 15) is 9.59 Å². The number of amides is 2. The van der Waals surface area contributed by atoms with Crippen molar-refractivity contribution in [1.82, 2.24) is 9.80 Å². The van der Waals surface area contributed by atoms with Crippen molar-refractivity contribution in [2.45, 2.75) is 37.4 Å². The summed E-state index contributed by atoms with van der Waals surface area (Å²) >= 11 is 0. The van der Waals surface area contributed by atoms with Crippen molar-refractivity contribution >= 4 is 11.8 Å². The summed E-state index contributed by atoms with van der Waals surface area (Å²) in [6.07, 6.45) is 1.93. The molecule has 1 aliphatic carbocycles. The van der Waals surface area contributed by atoms with Gasteiger partial charge in [0, 0.05) is 25.2 Å². The van der Waals surface area contributed by atoms with Gasteiger partial charge in [0.05, 0.1) is 19.1 Å². The number of methoxy groups -OCH3 is 1. The fourth-order valence-corrected chi connectivity index (χ4v) is 4.92. The van der Waals surface area contributed by atoms with Crippen LogP contribution < -0.4 is 4.74 Å². The Hall–Kier alpha value is -3.60. The van der Waals surface area contributed by atoms with Gasteiger partial charge in [-0.1, -0.05) is 60.7 Å². The van der Waals surface area contributed by atoms with Crippen molar-refractivity contribution in [3.63, 3.8) is 0 Å². The Morgan fingerprint density at radius 3 is 2.45 bits per heavy atom. The van der Waals surface area contributed by atoms with Crippen LogP contribution in [-0.4, -0.2) is 41.8 Å². The molecule has 0 spiro atoms. The third-order valence-electron chi connectivity index (χ3n) is 6.66. The second-order valence-electron chi connectivity index (χ2n) is 8.91. The van der Waals surface area contributed by atoms with Gasteiger partial charge in [-0.15, -0.1) is 0 Å². The summed E-state index contributed by atoms with van der Waals surface area (Å²) in [5.41, 5.74) is 3.44. The molecule has 2 atom stereocenters. The van der Waals surface area contributed by atoms with Crippen LogP contribution in [0.5, 0.6) is 5.75 Å². The molecular formula is C28H28N2O3. The molecule has 168 valence electrons. The van der Waals surface area contributed by atoms with Crippen LogP contribution >= 0.6 is 0 Å². The Morgan fingerprint density at radius 2 is 1.73 bits per heavy atom. The van der Waals surface area contributed by atoms with Gasteiger partial charge in [-0.3, -0.25) is 9.59 Å². The zero-order valence-corrected chi connectivity index (χ0v) is 19.0. The van der Waals surface area contributed by atoms with Crippen LogP contribution in [0.25, 0.3) is 0 Å². The molecule has 0 aromatic heterocycles. The molecule has 2 amide bonds. The molecule has 3 aromatic carbocycles. The van der Waals surface area contributed by atoms with E-state index in [0.29, 0.717) is 12.1 Å². The van der Waals surface area contributed by atoms with Crippen LogP contribution in [0.15, 0.2) is 78.9 Å². The van der Waals surface area contributed by atoms with Gasteiger partial charge in [0.15, 0.2) is 0 Å². The minimum atomic E-state index is -0.486. The van der Waals surface area contributed by atoms with Crippen LogP contribution in [0.3, 0.4) is 0 Å². The fourth-order valence-electron chi connectivity index (χ4n) is 4.92. The largest absolute Gasteiger partial charge is 0.497 e. The van der Waals surface area contributed by atoms with Crippen LogP contribution in [0.2, 0.25) is 0 Å². The number of carbonyl (C=O) groups is 2. The average molecular weight is 441 g/mol. The first-order valence-corrected chi connectivity index (χ1v) is 11.4. The van der Waals surface area contributed by atoms with E-state index >= 15 is 0 Å². The van der Waals surface area contributed by atoms with Crippen molar-refractivity contribution in [2.75, 3.05) is 14.2 Å². The molecule has 0 unspecified atom stereocenters. The highest BCUT2D eigenvalue weighted by molar-refractivity contribution is 6.01. The Kier molecular flexibility index (Phi) is 5.63. The van der Waals surface area contributed by atoms with Gasteiger partial charge in [0.2, 0.25) is 5.91 Å². The lowest BCUT2D eigenvalue weighted by molar-refractivity contribution is -0.134. The van der Waals surface area contributed by atoms with Gasteiger partial charge in [-0.2, -0.15) is 0 Å². The number of likely N-dealkylation sites (N-methyl/N-ethyl adjacent to an activating group) is 1. The molecule has 3 aromatic rings. The number of nitrogens with zero attached hydrogens (tertiary/aromatic N) is 2. The van der Waals surface area contributed by atoms with E-state index in [4.69, 9.17) is 4.74 Å². The highest BCUT2D eigenvalue weighted by Crippen LogP contribution is 2.48. The van der Waals surface area contributed by atoms with E-state index < -0.39 is 5.92 Å². The second-order valence-corrected chi connectivity index (χ2v) is 8.91. The van der Waals surface area contributed by atoms with Gasteiger partial charge in [-0.25, -0.2) is 0 Å². The van der Waals surface area contributed by atoms with Gasteiger partial charge in [0.25, 0.3) is 5.91 Å². The third-order valence-corrected chi connectivity index (χ3v) is 6.66. The van der Waals surface area contributed by atoms with E-state index in [0.717, 1.165) is 35.3 Å². The molecule has 2 aliphatic rings. The molecule has 5 heteroatoms. The third kappa shape index (κ3) is 3.99. The van der Waals surface area contributed by atoms with Crippen molar-refractivity contribution in [3.05, 3.63) is 101 Å². The summed E-state index contributed by atoms with van der Waals surface area (Å²) in [7, 11) is 3.48. The smallest absolute Gasteiger partial charge is 0.254 e. The van der Waals surface area contributed by atoms with Crippen molar-refractivity contribution < 1.29 is 14.3 Å². The van der Waals surface area contributed by atoms with Gasteiger partial charge < -0.3 is 14.5 Å². The normalized spacial score (nSPS) is 19.7. The monoisotopic (exact) mass is 440 g/mol. The maximum Gasteiger partial charge on any atom is 0.254 e. The maximum absolute atomic E-state index is 14.1. The van der Waals surface area contributed by atoms with Gasteiger partial charge in [-0.05, 0) is 47.7 Å². The molecule has 1 aliphatic heterocycles. The standard InChI is InChI=1S/C28H28N2O3/c1-29(18-19-9-4-3-5-10-19)28(32)25-23-13-6-7-14-24(23)27(31)30(21-15-16-21)26(25)20-11-8-12-22(17-20)33-2/h3-14,17,21,25-26H,15-16,18H2,1-2H3/t25-,26+/m0/s1. The fraction of sp³-hybridized carbons (Fsp3) is 0.286. The van der Waals surface area contributed by atoms with E-state index in [2.05, 4.69) is 0 Å². The first-order valence-electron chi connectivity index (χ1n) is 11.4. The molecule has 5 rings (SSSR count). The minimum absolute atomic E-state index is 0.00989. The molecule has 0 radical (unpaired) electrons. The van der Waals surface area contributed by atoms with Crippen LogP contribution in [0, 0.1) is 0 Å². The molecule has 5 nitrogen and oxygen atoms in total. The average Bonchev–Trinajstić information content (AvgIpc) is 3.69. The Balaban J connectivity index is 1.61. The number of benzene rings is 3. The molecule has 1 heterocycles. The molecule has 1 fully saturated rings. The highest BCUT2D eigenvalue weighted by atomic mass is 16.5.